The fraction of sp³-hybridized carbons (Fsp3) is 0.720. The second-order valence-electron chi connectivity index (χ2n) is 10.4. The number of nitrogens with one attached hydrogen (secondary N) is 1. The van der Waals surface area contributed by atoms with E-state index in [0.29, 0.717) is 12.8 Å². The molecular weight excluding hydrogens is 424 g/mol. The Morgan fingerprint density at radius 3 is 2.12 bits per heavy atom. The normalized spacial score (nSPS) is 23.2. The first-order valence-corrected chi connectivity index (χ1v) is 11.4. The molecule has 0 saturated carbocycles. The zero-order chi connectivity index (χ0) is 25.6. The van der Waals surface area contributed by atoms with E-state index < -0.39 is 47.5 Å². The lowest BCUT2D eigenvalue weighted by molar-refractivity contribution is -0.160. The van der Waals surface area contributed by atoms with Gasteiger partial charge in [0.15, 0.2) is 0 Å². The predicted molar refractivity (Wildman–Crippen MR) is 128 cm³/mol. The summed E-state index contributed by atoms with van der Waals surface area (Å²) in [5, 5.41) is 2.95. The number of methoxy groups -OCH3 is 1. The molecule has 33 heavy (non-hydrogen) atoms. The molecule has 188 valence electrons. The van der Waals surface area contributed by atoms with Crippen LogP contribution >= 0.6 is 0 Å². The second kappa shape index (κ2) is 11.7. The van der Waals surface area contributed by atoms with Crippen molar-refractivity contribution in [2.75, 3.05) is 7.11 Å². The van der Waals surface area contributed by atoms with Crippen molar-refractivity contribution < 1.29 is 28.6 Å². The molecule has 0 spiro atoms. The SMILES string of the molecule is C=CC[C@@H](OC)[C@H](NC(C)=O)[C@H]1[C@H](C=CC)C[C@@H](C(=O)OC(C)(C)C)N1C(=O)OC(C)(C)C. The highest BCUT2D eigenvalue weighted by atomic mass is 16.6. The maximum Gasteiger partial charge on any atom is 0.411 e. The van der Waals surface area contributed by atoms with Gasteiger partial charge in [-0.05, 0) is 61.3 Å². The molecule has 0 aromatic heterocycles. The monoisotopic (exact) mass is 466 g/mol. The summed E-state index contributed by atoms with van der Waals surface area (Å²) in [6.45, 7) is 17.7. The number of amides is 2. The molecule has 1 aliphatic heterocycles. The van der Waals surface area contributed by atoms with Crippen LogP contribution in [-0.4, -0.2) is 65.4 Å². The molecule has 1 fully saturated rings. The summed E-state index contributed by atoms with van der Waals surface area (Å²) in [4.78, 5) is 40.3. The van der Waals surface area contributed by atoms with Gasteiger partial charge in [0.2, 0.25) is 5.91 Å². The largest absolute Gasteiger partial charge is 0.458 e. The highest BCUT2D eigenvalue weighted by Crippen LogP contribution is 2.37. The molecule has 1 N–H and O–H groups in total. The molecule has 1 rings (SSSR count). The number of esters is 1. The summed E-state index contributed by atoms with van der Waals surface area (Å²) in [7, 11) is 1.55. The molecule has 0 bridgehead atoms. The van der Waals surface area contributed by atoms with E-state index in [1.807, 2.05) is 19.1 Å². The fourth-order valence-corrected chi connectivity index (χ4v) is 4.13. The molecule has 1 heterocycles. The zero-order valence-corrected chi connectivity index (χ0v) is 21.6. The highest BCUT2D eigenvalue weighted by Gasteiger charge is 2.53. The first-order valence-electron chi connectivity index (χ1n) is 11.4. The first kappa shape index (κ1) is 28.7. The summed E-state index contributed by atoms with van der Waals surface area (Å²) in [6.07, 6.45) is 5.20. The molecular formula is C25H42N2O6. The van der Waals surface area contributed by atoms with Crippen LogP contribution in [0.5, 0.6) is 0 Å². The Morgan fingerprint density at radius 1 is 1.12 bits per heavy atom. The van der Waals surface area contributed by atoms with E-state index in [0.717, 1.165) is 0 Å². The summed E-state index contributed by atoms with van der Waals surface area (Å²) >= 11 is 0. The molecule has 8 nitrogen and oxygen atoms in total. The van der Waals surface area contributed by atoms with Crippen LogP contribution < -0.4 is 5.32 Å². The van der Waals surface area contributed by atoms with E-state index in [4.69, 9.17) is 14.2 Å². The van der Waals surface area contributed by atoms with Crippen molar-refractivity contribution in [1.29, 1.82) is 0 Å². The molecule has 8 heteroatoms. The third-order valence-electron chi connectivity index (χ3n) is 5.15. The van der Waals surface area contributed by atoms with Gasteiger partial charge < -0.3 is 19.5 Å². The summed E-state index contributed by atoms with van der Waals surface area (Å²) in [5.41, 5.74) is -1.50. The van der Waals surface area contributed by atoms with Gasteiger partial charge in [0.05, 0.1) is 18.2 Å². The Hall–Kier alpha value is -2.35. The molecule has 0 aliphatic carbocycles. The minimum atomic E-state index is -0.872. The van der Waals surface area contributed by atoms with Gasteiger partial charge in [-0.2, -0.15) is 0 Å². The molecule has 1 saturated heterocycles. The average molecular weight is 467 g/mol. The van der Waals surface area contributed by atoms with Gasteiger partial charge in [-0.3, -0.25) is 9.69 Å². The van der Waals surface area contributed by atoms with Crippen molar-refractivity contribution in [3.8, 4) is 0 Å². The minimum absolute atomic E-state index is 0.237. The quantitative estimate of drug-likeness (QED) is 0.429. The van der Waals surface area contributed by atoms with Crippen molar-refractivity contribution in [2.24, 2.45) is 5.92 Å². The van der Waals surface area contributed by atoms with E-state index >= 15 is 0 Å². The van der Waals surface area contributed by atoms with E-state index in [2.05, 4.69) is 11.9 Å². The number of ether oxygens (including phenoxy) is 3. The van der Waals surface area contributed by atoms with E-state index in [1.165, 1.54) is 11.8 Å². The van der Waals surface area contributed by atoms with Crippen LogP contribution in [-0.2, 0) is 23.8 Å². The molecule has 0 aromatic rings. The summed E-state index contributed by atoms with van der Waals surface area (Å²) in [6, 6.07) is -2.07. The fourth-order valence-electron chi connectivity index (χ4n) is 4.13. The number of likely N-dealkylation sites (tertiary alicyclic amines) is 1. The number of rotatable bonds is 8. The van der Waals surface area contributed by atoms with Gasteiger partial charge in [-0.25, -0.2) is 9.59 Å². The summed E-state index contributed by atoms with van der Waals surface area (Å²) in [5.74, 6) is -1.01. The molecule has 0 radical (unpaired) electrons. The molecule has 0 unspecified atom stereocenters. The third kappa shape index (κ3) is 8.50. The van der Waals surface area contributed by atoms with Crippen molar-refractivity contribution in [3.63, 3.8) is 0 Å². The lowest BCUT2D eigenvalue weighted by atomic mass is 9.88. The molecule has 0 aromatic carbocycles. The van der Waals surface area contributed by atoms with Gasteiger partial charge in [-0.1, -0.05) is 18.2 Å². The highest BCUT2D eigenvalue weighted by molar-refractivity contribution is 5.83. The Labute approximate surface area is 198 Å². The first-order chi connectivity index (χ1) is 15.1. The van der Waals surface area contributed by atoms with E-state index in [1.54, 1.807) is 54.7 Å². The predicted octanol–water partition coefficient (Wildman–Crippen LogP) is 3.99. The smallest absolute Gasteiger partial charge is 0.411 e. The van der Waals surface area contributed by atoms with E-state index in [-0.39, 0.29) is 11.8 Å². The maximum atomic E-state index is 13.5. The van der Waals surface area contributed by atoms with E-state index in [9.17, 15) is 14.4 Å². The number of hydrogen-bond donors (Lipinski definition) is 1. The topological polar surface area (TPSA) is 94.2 Å². The van der Waals surface area contributed by atoms with Crippen LogP contribution in [0.4, 0.5) is 4.79 Å². The van der Waals surface area contributed by atoms with Gasteiger partial charge in [0.25, 0.3) is 0 Å². The van der Waals surface area contributed by atoms with Gasteiger partial charge in [-0.15, -0.1) is 6.58 Å². The number of hydrogen-bond acceptors (Lipinski definition) is 6. The van der Waals surface area contributed by atoms with Gasteiger partial charge in [0.1, 0.15) is 17.2 Å². The second-order valence-corrected chi connectivity index (χ2v) is 10.4. The zero-order valence-electron chi connectivity index (χ0n) is 21.6. The number of allylic oxidation sites excluding steroid dienone is 1. The van der Waals surface area contributed by atoms with Crippen molar-refractivity contribution in [1.82, 2.24) is 10.2 Å². The van der Waals surface area contributed by atoms with Crippen LogP contribution in [0, 0.1) is 5.92 Å². The van der Waals surface area contributed by atoms with Crippen LogP contribution in [0.15, 0.2) is 24.8 Å². The van der Waals surface area contributed by atoms with Crippen LogP contribution in [0.25, 0.3) is 0 Å². The average Bonchev–Trinajstić information content (AvgIpc) is 3.01. The van der Waals surface area contributed by atoms with Crippen LogP contribution in [0.2, 0.25) is 0 Å². The number of nitrogens with zero attached hydrogens (tertiary/aromatic N) is 1. The minimum Gasteiger partial charge on any atom is -0.458 e. The third-order valence-corrected chi connectivity index (χ3v) is 5.15. The summed E-state index contributed by atoms with van der Waals surface area (Å²) < 4.78 is 17.0. The Morgan fingerprint density at radius 2 is 1.70 bits per heavy atom. The molecule has 1 aliphatic rings. The standard InChI is InChI=1S/C25H42N2O6/c1-11-13-17-15-18(22(29)32-24(4,5)6)27(23(30)33-25(7,8)9)21(17)20(26-16(3)28)19(31-10)14-12-2/h11-13,17-21H,2,14-15H2,1,3-10H3,(H,26,28)/t17-,18+,19-,20+,21-/m1/s1. The molecule has 5 atom stereocenters. The number of carbonyl (C=O) groups excluding carboxylic acids is 3. The van der Waals surface area contributed by atoms with Gasteiger partial charge >= 0.3 is 12.1 Å². The lowest BCUT2D eigenvalue weighted by Gasteiger charge is -2.39. The van der Waals surface area contributed by atoms with Crippen molar-refractivity contribution in [2.45, 2.75) is 104 Å². The Kier molecular flexibility index (Phi) is 10.2. The van der Waals surface area contributed by atoms with Crippen LogP contribution in [0.1, 0.15) is 68.2 Å². The van der Waals surface area contributed by atoms with Crippen molar-refractivity contribution >= 4 is 18.0 Å². The van der Waals surface area contributed by atoms with Crippen molar-refractivity contribution in [3.05, 3.63) is 24.8 Å². The van der Waals surface area contributed by atoms with Gasteiger partial charge in [0, 0.05) is 20.0 Å². The molecule has 2 amide bonds. The maximum absolute atomic E-state index is 13.5. The number of carbonyl (C=O) groups is 3. The Bertz CT molecular complexity index is 734. The lowest BCUT2D eigenvalue weighted by Crippen LogP contribution is -2.60. The Balaban J connectivity index is 3.63. The van der Waals surface area contributed by atoms with Crippen LogP contribution in [0.3, 0.4) is 0 Å².